The van der Waals surface area contributed by atoms with E-state index in [2.05, 4.69) is 41.5 Å². The van der Waals surface area contributed by atoms with Crippen molar-refractivity contribution in [2.24, 2.45) is 11.3 Å². The van der Waals surface area contributed by atoms with Gasteiger partial charge in [-0.15, -0.1) is 7.92 Å². The van der Waals surface area contributed by atoms with Crippen molar-refractivity contribution in [1.82, 2.24) is 0 Å². The van der Waals surface area contributed by atoms with Crippen molar-refractivity contribution in [2.75, 3.05) is 18.5 Å². The van der Waals surface area contributed by atoms with Crippen LogP contribution >= 0.6 is 7.92 Å². The monoisotopic (exact) mass is 244 g/mol. The summed E-state index contributed by atoms with van der Waals surface area (Å²) in [5.74, 6) is 0.889. The molecule has 0 aliphatic rings. The minimum atomic E-state index is 0.295. The van der Waals surface area contributed by atoms with Crippen LogP contribution in [0.15, 0.2) is 0 Å². The first kappa shape index (κ1) is 16.4. The van der Waals surface area contributed by atoms with Crippen LogP contribution in [0.3, 0.4) is 0 Å². The Morgan fingerprint density at radius 3 is 2.06 bits per heavy atom. The Morgan fingerprint density at radius 2 is 1.62 bits per heavy atom. The Morgan fingerprint density at radius 1 is 1.00 bits per heavy atom. The molecule has 0 amide bonds. The van der Waals surface area contributed by atoms with Gasteiger partial charge in [-0.25, -0.2) is 0 Å². The Labute approximate surface area is 105 Å². The second-order valence-electron chi connectivity index (χ2n) is 6.75. The van der Waals surface area contributed by atoms with E-state index in [9.17, 15) is 0 Å². The lowest BCUT2D eigenvalue weighted by Crippen LogP contribution is -2.14. The fourth-order valence-electron chi connectivity index (χ4n) is 2.18. The molecular weight excluding hydrogens is 211 g/mol. The van der Waals surface area contributed by atoms with E-state index >= 15 is 0 Å². The highest BCUT2D eigenvalue weighted by atomic mass is 31.1. The van der Waals surface area contributed by atoms with Gasteiger partial charge in [0.1, 0.15) is 0 Å². The van der Waals surface area contributed by atoms with Crippen LogP contribution < -0.4 is 0 Å². The summed E-state index contributed by atoms with van der Waals surface area (Å²) in [6.07, 6.45) is 10.2. The molecule has 1 atom stereocenters. The van der Waals surface area contributed by atoms with Gasteiger partial charge in [0.25, 0.3) is 0 Å². The summed E-state index contributed by atoms with van der Waals surface area (Å²) in [6, 6.07) is 0. The normalized spacial score (nSPS) is 14.4. The second-order valence-corrected chi connectivity index (χ2v) is 9.22. The molecular formula is C15H33P. The molecule has 0 aliphatic carbocycles. The summed E-state index contributed by atoms with van der Waals surface area (Å²) in [6.45, 7) is 14.2. The van der Waals surface area contributed by atoms with Crippen molar-refractivity contribution in [3.8, 4) is 0 Å². The molecule has 1 heteroatoms. The van der Waals surface area contributed by atoms with E-state index in [1.54, 1.807) is 0 Å². The Bertz CT molecular complexity index is 155. The lowest BCUT2D eigenvalue weighted by Gasteiger charge is -2.28. The van der Waals surface area contributed by atoms with E-state index in [4.69, 9.17) is 0 Å². The van der Waals surface area contributed by atoms with Crippen LogP contribution in [-0.4, -0.2) is 18.5 Å². The van der Waals surface area contributed by atoms with Crippen molar-refractivity contribution in [2.45, 2.75) is 67.2 Å². The van der Waals surface area contributed by atoms with Crippen molar-refractivity contribution in [3.05, 3.63) is 0 Å². The standard InChI is InChI=1S/C15H33P/c1-7-8-9-10-11-16(12-14(2)3)13-15(4,5)6/h14H,7-13H2,1-6H3. The molecule has 1 unspecified atom stereocenters. The van der Waals surface area contributed by atoms with Gasteiger partial charge in [0.2, 0.25) is 0 Å². The molecule has 0 aromatic rings. The van der Waals surface area contributed by atoms with Gasteiger partial charge in [-0.05, 0) is 36.2 Å². The molecule has 0 fully saturated rings. The van der Waals surface area contributed by atoms with Gasteiger partial charge in [0.15, 0.2) is 0 Å². The second kappa shape index (κ2) is 8.51. The van der Waals surface area contributed by atoms with Gasteiger partial charge in [0.05, 0.1) is 0 Å². The van der Waals surface area contributed by atoms with E-state index in [0.29, 0.717) is 13.3 Å². The fourth-order valence-corrected chi connectivity index (χ4v) is 5.70. The zero-order valence-electron chi connectivity index (χ0n) is 12.5. The molecule has 0 aromatic carbocycles. The number of unbranched alkanes of at least 4 members (excludes halogenated alkanes) is 3. The third-order valence-corrected chi connectivity index (χ3v) is 6.24. The van der Waals surface area contributed by atoms with Gasteiger partial charge in [0, 0.05) is 0 Å². The van der Waals surface area contributed by atoms with Crippen LogP contribution in [0.2, 0.25) is 0 Å². The molecule has 0 rings (SSSR count). The van der Waals surface area contributed by atoms with Crippen LogP contribution in [0.1, 0.15) is 67.2 Å². The molecule has 0 radical (unpaired) electrons. The molecule has 0 spiro atoms. The summed E-state index contributed by atoms with van der Waals surface area (Å²) >= 11 is 0. The van der Waals surface area contributed by atoms with Gasteiger partial charge in [-0.1, -0.05) is 60.8 Å². The topological polar surface area (TPSA) is 0 Å². The maximum atomic E-state index is 2.40. The largest absolute Gasteiger partial charge is 0.106 e. The Balaban J connectivity index is 3.91. The summed E-state index contributed by atoms with van der Waals surface area (Å²) < 4.78 is 0. The summed E-state index contributed by atoms with van der Waals surface area (Å²) in [5.41, 5.74) is 0.533. The van der Waals surface area contributed by atoms with E-state index in [0.717, 1.165) is 5.92 Å². The minimum absolute atomic E-state index is 0.295. The van der Waals surface area contributed by atoms with Gasteiger partial charge >= 0.3 is 0 Å². The molecule has 0 aromatic heterocycles. The maximum Gasteiger partial charge on any atom is -0.0277 e. The molecule has 0 bridgehead atoms. The van der Waals surface area contributed by atoms with Crippen LogP contribution in [0, 0.1) is 11.3 Å². The SMILES string of the molecule is CCCCCCP(CC(C)C)CC(C)(C)C. The fraction of sp³-hybridized carbons (Fsp3) is 1.00. The van der Waals surface area contributed by atoms with Crippen LogP contribution in [0.4, 0.5) is 0 Å². The molecule has 0 saturated heterocycles. The van der Waals surface area contributed by atoms with Gasteiger partial charge in [-0.3, -0.25) is 0 Å². The van der Waals surface area contributed by atoms with Crippen molar-refractivity contribution in [3.63, 3.8) is 0 Å². The highest BCUT2D eigenvalue weighted by Gasteiger charge is 2.18. The first-order valence-electron chi connectivity index (χ1n) is 7.07. The summed E-state index contributed by atoms with van der Waals surface area (Å²) in [7, 11) is 0.295. The Hall–Kier alpha value is 0.430. The molecule has 0 aliphatic heterocycles. The molecule has 0 heterocycles. The van der Waals surface area contributed by atoms with Crippen molar-refractivity contribution in [1.29, 1.82) is 0 Å². The van der Waals surface area contributed by atoms with Gasteiger partial charge < -0.3 is 0 Å². The average molecular weight is 244 g/mol. The Kier molecular flexibility index (Phi) is 8.74. The van der Waals surface area contributed by atoms with Gasteiger partial charge in [-0.2, -0.15) is 0 Å². The quantitative estimate of drug-likeness (QED) is 0.376. The minimum Gasteiger partial charge on any atom is -0.106 e. The first-order valence-corrected chi connectivity index (χ1v) is 8.97. The lowest BCUT2D eigenvalue weighted by molar-refractivity contribution is 0.475. The van der Waals surface area contributed by atoms with E-state index < -0.39 is 0 Å². The van der Waals surface area contributed by atoms with E-state index in [-0.39, 0.29) is 0 Å². The zero-order chi connectivity index (χ0) is 12.6. The molecule has 0 N–H and O–H groups in total. The molecule has 0 nitrogen and oxygen atoms in total. The predicted molar refractivity (Wildman–Crippen MR) is 80.0 cm³/mol. The number of hydrogen-bond acceptors (Lipinski definition) is 0. The maximum absolute atomic E-state index is 2.40. The smallest absolute Gasteiger partial charge is 0.0277 e. The predicted octanol–water partition coefficient (Wildman–Crippen LogP) is 5.75. The van der Waals surface area contributed by atoms with Crippen molar-refractivity contribution < 1.29 is 0 Å². The molecule has 16 heavy (non-hydrogen) atoms. The van der Waals surface area contributed by atoms with E-state index in [1.807, 2.05) is 0 Å². The lowest BCUT2D eigenvalue weighted by atomic mass is 10.0. The first-order chi connectivity index (χ1) is 7.35. The number of hydrogen-bond donors (Lipinski definition) is 0. The highest BCUT2D eigenvalue weighted by Crippen LogP contribution is 2.44. The number of rotatable bonds is 8. The van der Waals surface area contributed by atoms with Crippen LogP contribution in [-0.2, 0) is 0 Å². The zero-order valence-corrected chi connectivity index (χ0v) is 13.4. The molecule has 98 valence electrons. The average Bonchev–Trinajstić information content (AvgIpc) is 2.08. The van der Waals surface area contributed by atoms with Crippen LogP contribution in [0.5, 0.6) is 0 Å². The highest BCUT2D eigenvalue weighted by molar-refractivity contribution is 7.57. The third-order valence-electron chi connectivity index (χ3n) is 2.65. The summed E-state index contributed by atoms with van der Waals surface area (Å²) in [4.78, 5) is 0. The van der Waals surface area contributed by atoms with E-state index in [1.165, 1.54) is 44.2 Å². The molecule has 0 saturated carbocycles. The third kappa shape index (κ3) is 10.9. The van der Waals surface area contributed by atoms with Crippen LogP contribution in [0.25, 0.3) is 0 Å². The van der Waals surface area contributed by atoms with Crippen molar-refractivity contribution >= 4 is 7.92 Å². The summed E-state index contributed by atoms with van der Waals surface area (Å²) in [5, 5.41) is 0.